The third kappa shape index (κ3) is 4.89. The first kappa shape index (κ1) is 21.4. The average Bonchev–Trinajstić information content (AvgIpc) is 3.21. The van der Waals surface area contributed by atoms with Gasteiger partial charge in [-0.3, -0.25) is 9.36 Å². The number of esters is 1. The van der Waals surface area contributed by atoms with E-state index in [0.717, 1.165) is 23.8 Å². The van der Waals surface area contributed by atoms with Crippen LogP contribution >= 0.6 is 0 Å². The molecule has 0 saturated carbocycles. The smallest absolute Gasteiger partial charge is 0.418 e. The summed E-state index contributed by atoms with van der Waals surface area (Å²) in [6, 6.07) is 26.1. The molecule has 0 N–H and O–H groups in total. The van der Waals surface area contributed by atoms with Crippen molar-refractivity contribution in [2.24, 2.45) is 0 Å². The molecule has 0 bridgehead atoms. The van der Waals surface area contributed by atoms with Crippen molar-refractivity contribution in [1.82, 2.24) is 4.57 Å². The number of aromatic nitrogens is 1. The van der Waals surface area contributed by atoms with Crippen molar-refractivity contribution in [2.75, 3.05) is 13.7 Å². The second-order valence-corrected chi connectivity index (χ2v) is 7.58. The molecular formula is C27H25NO4. The Kier molecular flexibility index (Phi) is 6.66. The van der Waals surface area contributed by atoms with Gasteiger partial charge in [-0.25, -0.2) is 4.79 Å². The van der Waals surface area contributed by atoms with Gasteiger partial charge in [-0.15, -0.1) is 0 Å². The number of ether oxygens (including phenoxy) is 2. The van der Waals surface area contributed by atoms with Gasteiger partial charge in [0.1, 0.15) is 0 Å². The molecule has 5 heteroatoms. The molecule has 4 rings (SSSR count). The first-order valence-electron chi connectivity index (χ1n) is 10.6. The number of aryl methyl sites for hydroxylation is 1. The lowest BCUT2D eigenvalue weighted by atomic mass is 10.0. The van der Waals surface area contributed by atoms with Crippen LogP contribution in [0.4, 0.5) is 4.79 Å². The highest BCUT2D eigenvalue weighted by Gasteiger charge is 2.16. The predicted octanol–water partition coefficient (Wildman–Crippen LogP) is 5.64. The van der Waals surface area contributed by atoms with Crippen LogP contribution in [0, 0.1) is 0 Å². The molecule has 0 radical (unpaired) electrons. The lowest BCUT2D eigenvalue weighted by Gasteiger charge is -2.08. The number of benzene rings is 3. The summed E-state index contributed by atoms with van der Waals surface area (Å²) in [5.74, 6) is -0.348. The number of para-hydroxylation sites is 1. The molecular weight excluding hydrogens is 402 g/mol. The van der Waals surface area contributed by atoms with E-state index < -0.39 is 6.09 Å². The third-order valence-electron chi connectivity index (χ3n) is 5.42. The lowest BCUT2D eigenvalue weighted by Crippen LogP contribution is -2.14. The molecule has 0 aliphatic rings. The van der Waals surface area contributed by atoms with Gasteiger partial charge < -0.3 is 9.47 Å². The molecule has 4 aromatic rings. The van der Waals surface area contributed by atoms with Gasteiger partial charge >= 0.3 is 12.1 Å². The fraction of sp³-hybridized carbons (Fsp3) is 0.185. The first-order chi connectivity index (χ1) is 15.7. The van der Waals surface area contributed by atoms with E-state index in [4.69, 9.17) is 9.47 Å². The van der Waals surface area contributed by atoms with Crippen molar-refractivity contribution < 1.29 is 19.1 Å². The molecule has 0 aliphatic carbocycles. The molecule has 3 aromatic carbocycles. The number of methoxy groups -OCH3 is 1. The van der Waals surface area contributed by atoms with E-state index in [1.54, 1.807) is 6.20 Å². The Labute approximate surface area is 187 Å². The van der Waals surface area contributed by atoms with Gasteiger partial charge in [-0.2, -0.15) is 0 Å². The van der Waals surface area contributed by atoms with Crippen LogP contribution in [-0.2, 0) is 27.1 Å². The zero-order chi connectivity index (χ0) is 22.3. The fourth-order valence-electron chi connectivity index (χ4n) is 3.81. The number of rotatable bonds is 7. The highest BCUT2D eigenvalue weighted by atomic mass is 16.5. The van der Waals surface area contributed by atoms with Crippen LogP contribution < -0.4 is 0 Å². The summed E-state index contributed by atoms with van der Waals surface area (Å²) < 4.78 is 11.8. The summed E-state index contributed by atoms with van der Waals surface area (Å²) >= 11 is 0. The molecule has 5 nitrogen and oxygen atoms in total. The summed E-state index contributed by atoms with van der Waals surface area (Å²) in [6.45, 7) is 0.313. The highest BCUT2D eigenvalue weighted by molar-refractivity contribution is 5.94. The Morgan fingerprint density at radius 3 is 2.44 bits per heavy atom. The minimum atomic E-state index is -0.449. The van der Waals surface area contributed by atoms with Crippen LogP contribution in [0.2, 0.25) is 0 Å². The van der Waals surface area contributed by atoms with Gasteiger partial charge in [0.2, 0.25) is 0 Å². The molecule has 0 saturated heterocycles. The van der Waals surface area contributed by atoms with Crippen molar-refractivity contribution in [1.29, 1.82) is 0 Å². The zero-order valence-corrected chi connectivity index (χ0v) is 18.0. The maximum absolute atomic E-state index is 12.7. The number of carbonyl (C=O) groups excluding carboxylic acids is 2. The third-order valence-corrected chi connectivity index (χ3v) is 5.42. The van der Waals surface area contributed by atoms with Gasteiger partial charge in [-0.1, -0.05) is 72.8 Å². The molecule has 1 heterocycles. The Morgan fingerprint density at radius 1 is 0.875 bits per heavy atom. The second-order valence-electron chi connectivity index (χ2n) is 7.58. The number of fused-ring (bicyclic) bond motifs is 1. The second kappa shape index (κ2) is 9.96. The first-order valence-corrected chi connectivity index (χ1v) is 10.6. The highest BCUT2D eigenvalue weighted by Crippen LogP contribution is 2.23. The number of hydrogen-bond acceptors (Lipinski definition) is 4. The minimum Gasteiger partial charge on any atom is -0.469 e. The summed E-state index contributed by atoms with van der Waals surface area (Å²) in [6.07, 6.45) is 2.85. The molecule has 162 valence electrons. The van der Waals surface area contributed by atoms with Gasteiger partial charge in [0, 0.05) is 11.6 Å². The van der Waals surface area contributed by atoms with E-state index in [0.29, 0.717) is 12.1 Å². The minimum absolute atomic E-state index is 0.106. The fourth-order valence-corrected chi connectivity index (χ4v) is 3.81. The van der Waals surface area contributed by atoms with Crippen molar-refractivity contribution in [3.63, 3.8) is 0 Å². The van der Waals surface area contributed by atoms with E-state index in [1.165, 1.54) is 28.4 Å². The van der Waals surface area contributed by atoms with Crippen LogP contribution in [0.1, 0.15) is 17.5 Å². The normalized spacial score (nSPS) is 10.8. The van der Waals surface area contributed by atoms with Crippen LogP contribution in [0.5, 0.6) is 0 Å². The average molecular weight is 428 g/mol. The molecule has 1 aromatic heterocycles. The summed E-state index contributed by atoms with van der Waals surface area (Å²) in [5, 5.41) is 0.840. The van der Waals surface area contributed by atoms with Crippen LogP contribution in [0.25, 0.3) is 22.0 Å². The molecule has 32 heavy (non-hydrogen) atoms. The van der Waals surface area contributed by atoms with Gasteiger partial charge in [0.05, 0.1) is 25.7 Å². The van der Waals surface area contributed by atoms with E-state index in [1.807, 2.05) is 42.5 Å². The molecule has 0 unspecified atom stereocenters. The molecule has 0 spiro atoms. The maximum Gasteiger partial charge on any atom is 0.418 e. The van der Waals surface area contributed by atoms with Crippen LogP contribution in [0.15, 0.2) is 85.1 Å². The molecule has 0 fully saturated rings. The largest absolute Gasteiger partial charge is 0.469 e. The Bertz CT molecular complexity index is 1230. The van der Waals surface area contributed by atoms with Crippen molar-refractivity contribution in [2.45, 2.75) is 19.3 Å². The summed E-state index contributed by atoms with van der Waals surface area (Å²) in [7, 11) is 1.35. The number of carbonyl (C=O) groups is 2. The molecule has 0 amide bonds. The quantitative estimate of drug-likeness (QED) is 0.283. The van der Waals surface area contributed by atoms with Crippen molar-refractivity contribution in [3.05, 3.63) is 96.2 Å². The van der Waals surface area contributed by atoms with Crippen molar-refractivity contribution >= 4 is 23.0 Å². The number of hydrogen-bond donors (Lipinski definition) is 0. The standard InChI is InChI=1S/C27H25NO4/c1-31-26(29)18-23-19-28(25-15-6-5-14-24(23)25)27(30)32-16-8-10-20-9-7-13-22(17-20)21-11-3-2-4-12-21/h2-7,9,11-15,17,19H,8,10,16,18H2,1H3. The van der Waals surface area contributed by atoms with Crippen molar-refractivity contribution in [3.8, 4) is 11.1 Å². The Morgan fingerprint density at radius 2 is 1.62 bits per heavy atom. The summed E-state index contributed by atoms with van der Waals surface area (Å²) in [5.41, 5.74) is 5.02. The van der Waals surface area contributed by atoms with Crippen LogP contribution in [-0.4, -0.2) is 30.3 Å². The van der Waals surface area contributed by atoms with Gasteiger partial charge in [0.25, 0.3) is 0 Å². The Balaban J connectivity index is 1.38. The van der Waals surface area contributed by atoms with Gasteiger partial charge in [-0.05, 0) is 41.2 Å². The SMILES string of the molecule is COC(=O)Cc1cn(C(=O)OCCCc2cccc(-c3ccccc3)c2)c2ccccc12. The van der Waals surface area contributed by atoms with Crippen LogP contribution in [0.3, 0.4) is 0 Å². The van der Waals surface area contributed by atoms with E-state index in [9.17, 15) is 9.59 Å². The summed E-state index contributed by atoms with van der Waals surface area (Å²) in [4.78, 5) is 24.4. The Hall–Kier alpha value is -3.86. The number of nitrogens with zero attached hydrogens (tertiary/aromatic N) is 1. The molecule has 0 aliphatic heterocycles. The predicted molar refractivity (Wildman–Crippen MR) is 125 cm³/mol. The topological polar surface area (TPSA) is 57.5 Å². The van der Waals surface area contributed by atoms with Gasteiger partial charge in [0.15, 0.2) is 0 Å². The maximum atomic E-state index is 12.7. The van der Waals surface area contributed by atoms with E-state index in [2.05, 4.69) is 36.4 Å². The monoisotopic (exact) mass is 427 g/mol. The lowest BCUT2D eigenvalue weighted by molar-refractivity contribution is -0.139. The molecule has 0 atom stereocenters. The van der Waals surface area contributed by atoms with E-state index >= 15 is 0 Å². The zero-order valence-electron chi connectivity index (χ0n) is 18.0. The van der Waals surface area contributed by atoms with E-state index in [-0.39, 0.29) is 12.4 Å².